The van der Waals surface area contributed by atoms with Crippen LogP contribution in [0.5, 0.6) is 5.75 Å². The molecule has 1 aliphatic rings. The van der Waals surface area contributed by atoms with Crippen LogP contribution in [0.3, 0.4) is 0 Å². The van der Waals surface area contributed by atoms with E-state index in [4.69, 9.17) is 16.2 Å². The van der Waals surface area contributed by atoms with Gasteiger partial charge in [-0.15, -0.1) is 0 Å². The molecular weight excluding hydrogens is 514 g/mol. The van der Waals surface area contributed by atoms with Gasteiger partial charge in [-0.1, -0.05) is 54.8 Å². The van der Waals surface area contributed by atoms with E-state index < -0.39 is 17.9 Å². The molecule has 3 amide bonds. The van der Waals surface area contributed by atoms with E-state index in [9.17, 15) is 14.4 Å². The zero-order chi connectivity index (χ0) is 27.9. The van der Waals surface area contributed by atoms with Crippen LogP contribution in [0.4, 0.5) is 5.69 Å². The molecule has 0 unspecified atom stereocenters. The number of amides is 3. The molecule has 0 spiro atoms. The largest absolute Gasteiger partial charge is 0.494 e. The average molecular weight is 550 g/mol. The molecule has 1 aromatic heterocycles. The number of anilines is 1. The van der Waals surface area contributed by atoms with Gasteiger partial charge in [-0.3, -0.25) is 14.4 Å². The van der Waals surface area contributed by atoms with Gasteiger partial charge in [0.05, 0.1) is 12.3 Å². The van der Waals surface area contributed by atoms with Crippen LogP contribution in [-0.4, -0.2) is 46.2 Å². The summed E-state index contributed by atoms with van der Waals surface area (Å²) < 4.78 is 9.61. The maximum absolute atomic E-state index is 14.1. The number of hydrogen-bond acceptors (Lipinski definition) is 7. The number of aromatic nitrogens is 1. The lowest BCUT2D eigenvalue weighted by molar-refractivity contribution is -0.126. The molecule has 1 saturated carbocycles. The second-order valence-electron chi connectivity index (χ2n) is 9.77. The summed E-state index contributed by atoms with van der Waals surface area (Å²) in [6.45, 7) is 4.66. The molecule has 0 radical (unpaired) electrons. The summed E-state index contributed by atoms with van der Waals surface area (Å²) in [5.74, 6) is -0.879. The highest BCUT2D eigenvalue weighted by Gasteiger charge is 2.35. The van der Waals surface area contributed by atoms with Crippen LogP contribution < -0.4 is 21.5 Å². The van der Waals surface area contributed by atoms with E-state index in [0.29, 0.717) is 24.3 Å². The molecule has 4 rings (SSSR count). The zero-order valence-corrected chi connectivity index (χ0v) is 23.1. The van der Waals surface area contributed by atoms with Crippen LogP contribution in [0, 0.1) is 6.92 Å². The average Bonchev–Trinajstić information content (AvgIpc) is 3.56. The maximum atomic E-state index is 14.1. The molecule has 1 aliphatic carbocycles. The first-order chi connectivity index (χ1) is 18.8. The monoisotopic (exact) mass is 549 g/mol. The van der Waals surface area contributed by atoms with E-state index in [2.05, 4.69) is 15.8 Å². The first-order valence-electron chi connectivity index (χ1n) is 13.2. The van der Waals surface area contributed by atoms with Gasteiger partial charge in [0.25, 0.3) is 11.8 Å². The predicted molar refractivity (Wildman–Crippen MR) is 152 cm³/mol. The molecule has 1 atom stereocenters. The van der Waals surface area contributed by atoms with Crippen LogP contribution in [0.25, 0.3) is 0 Å². The van der Waals surface area contributed by atoms with Gasteiger partial charge in [-0.25, -0.2) is 0 Å². The summed E-state index contributed by atoms with van der Waals surface area (Å²) in [7, 11) is 0. The van der Waals surface area contributed by atoms with Gasteiger partial charge in [-0.05, 0) is 67.9 Å². The predicted octanol–water partition coefficient (Wildman–Crippen LogP) is 4.02. The SMILES string of the molecule is CCOc1ccc([C@@H](C(=O)NC2CCCC2)N(CCc2cccc(C)c2)C(=O)c2snc(C(N)=O)c2N)cc1. The molecule has 1 fully saturated rings. The quantitative estimate of drug-likeness (QED) is 0.330. The smallest absolute Gasteiger partial charge is 0.270 e. The Labute approximate surface area is 232 Å². The number of nitrogens with one attached hydrogen (secondary N) is 1. The van der Waals surface area contributed by atoms with Crippen molar-refractivity contribution < 1.29 is 19.1 Å². The van der Waals surface area contributed by atoms with Crippen LogP contribution in [0.1, 0.15) is 75.5 Å². The minimum atomic E-state index is -0.933. The number of rotatable bonds is 11. The fourth-order valence-electron chi connectivity index (χ4n) is 4.96. The highest BCUT2D eigenvalue weighted by molar-refractivity contribution is 7.09. The Balaban J connectivity index is 1.75. The highest BCUT2D eigenvalue weighted by Crippen LogP contribution is 2.31. The van der Waals surface area contributed by atoms with Gasteiger partial charge >= 0.3 is 0 Å². The summed E-state index contributed by atoms with van der Waals surface area (Å²) in [5.41, 5.74) is 14.1. The van der Waals surface area contributed by atoms with Crippen molar-refractivity contribution in [1.82, 2.24) is 14.6 Å². The van der Waals surface area contributed by atoms with Crippen molar-refractivity contribution in [3.63, 3.8) is 0 Å². The van der Waals surface area contributed by atoms with E-state index in [1.807, 2.05) is 44.2 Å². The number of carbonyl (C=O) groups is 3. The Hall–Kier alpha value is -3.92. The van der Waals surface area contributed by atoms with Gasteiger partial charge in [0.2, 0.25) is 5.91 Å². The zero-order valence-electron chi connectivity index (χ0n) is 22.3. The fourth-order valence-corrected chi connectivity index (χ4v) is 5.72. The molecule has 39 heavy (non-hydrogen) atoms. The summed E-state index contributed by atoms with van der Waals surface area (Å²) in [6, 6.07) is 14.4. The standard InChI is InChI=1S/C29H35N5O4S/c1-3-38-22-13-11-20(12-14-22)25(28(36)32-21-9-4-5-10-21)34(16-15-19-8-6-7-18(2)17-19)29(37)26-23(30)24(27(31)35)33-39-26/h6-8,11-14,17,21,25H,3-5,9-10,15-16,30H2,1-2H3,(H2,31,35)(H,32,36)/t25-/m0/s1. The fraction of sp³-hybridized carbons (Fsp3) is 0.379. The summed E-state index contributed by atoms with van der Waals surface area (Å²) in [5, 5.41) is 3.17. The number of benzene rings is 2. The lowest BCUT2D eigenvalue weighted by Crippen LogP contribution is -2.46. The van der Waals surface area contributed by atoms with Crippen LogP contribution in [-0.2, 0) is 11.2 Å². The van der Waals surface area contributed by atoms with E-state index in [1.165, 1.54) is 4.90 Å². The van der Waals surface area contributed by atoms with E-state index in [0.717, 1.165) is 48.3 Å². The lowest BCUT2D eigenvalue weighted by Gasteiger charge is -2.32. The highest BCUT2D eigenvalue weighted by atomic mass is 32.1. The molecule has 0 saturated heterocycles. The summed E-state index contributed by atoms with van der Waals surface area (Å²) in [6.07, 6.45) is 4.44. The molecule has 10 heteroatoms. The van der Waals surface area contributed by atoms with Crippen LogP contribution >= 0.6 is 11.5 Å². The number of nitrogens with zero attached hydrogens (tertiary/aromatic N) is 2. The van der Waals surface area contributed by atoms with Crippen molar-refractivity contribution in [2.24, 2.45) is 5.73 Å². The van der Waals surface area contributed by atoms with Crippen molar-refractivity contribution in [3.8, 4) is 5.75 Å². The van der Waals surface area contributed by atoms with Gasteiger partial charge in [0.1, 0.15) is 16.7 Å². The molecule has 5 N–H and O–H groups in total. The van der Waals surface area contributed by atoms with Crippen molar-refractivity contribution in [2.45, 2.75) is 58.0 Å². The third-order valence-electron chi connectivity index (χ3n) is 6.91. The second kappa shape index (κ2) is 12.8. The molecule has 206 valence electrons. The van der Waals surface area contributed by atoms with E-state index >= 15 is 0 Å². The van der Waals surface area contributed by atoms with Crippen molar-refractivity contribution in [1.29, 1.82) is 0 Å². The van der Waals surface area contributed by atoms with Gasteiger partial charge < -0.3 is 26.4 Å². The van der Waals surface area contributed by atoms with Crippen molar-refractivity contribution in [2.75, 3.05) is 18.9 Å². The number of hydrogen-bond donors (Lipinski definition) is 3. The van der Waals surface area contributed by atoms with Gasteiger partial charge in [0, 0.05) is 12.6 Å². The molecule has 9 nitrogen and oxygen atoms in total. The number of aryl methyl sites for hydroxylation is 1. The third kappa shape index (κ3) is 6.75. The molecule has 0 aliphatic heterocycles. The Kier molecular flexibility index (Phi) is 9.19. The Morgan fingerprint density at radius 1 is 1.15 bits per heavy atom. The number of carbonyl (C=O) groups excluding carboxylic acids is 3. The number of nitrogen functional groups attached to an aromatic ring is 1. The maximum Gasteiger partial charge on any atom is 0.270 e. The molecule has 3 aromatic rings. The van der Waals surface area contributed by atoms with Crippen molar-refractivity contribution in [3.05, 3.63) is 75.8 Å². The Morgan fingerprint density at radius 2 is 1.87 bits per heavy atom. The summed E-state index contributed by atoms with van der Waals surface area (Å²) >= 11 is 0.813. The van der Waals surface area contributed by atoms with Crippen molar-refractivity contribution >= 4 is 34.9 Å². The molecule has 2 aromatic carbocycles. The van der Waals surface area contributed by atoms with Gasteiger partial charge in [0.15, 0.2) is 5.69 Å². The first-order valence-corrected chi connectivity index (χ1v) is 14.0. The van der Waals surface area contributed by atoms with Gasteiger partial charge in [-0.2, -0.15) is 4.37 Å². The van der Waals surface area contributed by atoms with E-state index in [1.54, 1.807) is 12.1 Å². The van der Waals surface area contributed by atoms with Crippen LogP contribution in [0.15, 0.2) is 48.5 Å². The second-order valence-corrected chi connectivity index (χ2v) is 10.5. The van der Waals surface area contributed by atoms with Crippen LogP contribution in [0.2, 0.25) is 0 Å². The topological polar surface area (TPSA) is 141 Å². The Bertz CT molecular complexity index is 1320. The number of primary amides is 1. The Morgan fingerprint density at radius 3 is 2.49 bits per heavy atom. The number of nitrogens with two attached hydrogens (primary N) is 2. The molecular formula is C29H35N5O4S. The first kappa shape index (κ1) is 28.1. The minimum Gasteiger partial charge on any atom is -0.494 e. The summed E-state index contributed by atoms with van der Waals surface area (Å²) in [4.78, 5) is 41.4. The minimum absolute atomic E-state index is 0.0614. The molecule has 0 bridgehead atoms. The third-order valence-corrected chi connectivity index (χ3v) is 7.76. The lowest BCUT2D eigenvalue weighted by atomic mass is 10.0. The molecule has 1 heterocycles. The van der Waals surface area contributed by atoms with E-state index in [-0.39, 0.29) is 34.8 Å². The normalized spacial score (nSPS) is 14.1. The number of ether oxygens (including phenoxy) is 1.